The Morgan fingerprint density at radius 1 is 1.03 bits per heavy atom. The van der Waals surface area contributed by atoms with Crippen molar-refractivity contribution >= 4 is 15.4 Å². The van der Waals surface area contributed by atoms with Crippen molar-refractivity contribution < 1.29 is 22.1 Å². The van der Waals surface area contributed by atoms with Gasteiger partial charge >= 0.3 is 6.18 Å². The summed E-state index contributed by atoms with van der Waals surface area (Å²) in [6, 6.07) is 15.9. The largest absolute Gasteiger partial charge is 0.489 e. The third-order valence-corrected chi connectivity index (χ3v) is 7.78. The molecule has 3 nitrogen and oxygen atoms in total. The number of aryl methyl sites for hydroxylation is 1. The summed E-state index contributed by atoms with van der Waals surface area (Å²) in [6.07, 6.45) is -4.39. The molecule has 168 valence electrons. The zero-order chi connectivity index (χ0) is 23.1. The van der Waals surface area contributed by atoms with Gasteiger partial charge in [0.15, 0.2) is 0 Å². The molecular formula is C25H24F3NO2S. The van der Waals surface area contributed by atoms with Gasteiger partial charge in [-0.25, -0.2) is 0 Å². The Morgan fingerprint density at radius 2 is 1.69 bits per heavy atom. The summed E-state index contributed by atoms with van der Waals surface area (Å²) >= 11 is 0. The van der Waals surface area contributed by atoms with Gasteiger partial charge in [0.2, 0.25) is 0 Å². The lowest BCUT2D eigenvalue weighted by atomic mass is 10.1. The lowest BCUT2D eigenvalue weighted by molar-refractivity contribution is -0.137. The van der Waals surface area contributed by atoms with Crippen LogP contribution in [-0.4, -0.2) is 22.0 Å². The lowest BCUT2D eigenvalue weighted by Gasteiger charge is -2.15. The molecule has 1 atom stereocenters. The Labute approximate surface area is 186 Å². The number of fused-ring (bicyclic) bond motifs is 1. The van der Waals surface area contributed by atoms with Crippen molar-refractivity contribution in [1.82, 2.24) is 4.90 Å². The van der Waals surface area contributed by atoms with Gasteiger partial charge in [-0.1, -0.05) is 18.2 Å². The molecule has 3 aromatic carbocycles. The third-order valence-electron chi connectivity index (χ3n) is 5.60. The fourth-order valence-corrected chi connectivity index (χ4v) is 5.71. The predicted octanol–water partition coefficient (Wildman–Crippen LogP) is 5.67. The van der Waals surface area contributed by atoms with Gasteiger partial charge in [-0.15, -0.1) is 0 Å². The van der Waals surface area contributed by atoms with Crippen LogP contribution in [0.15, 0.2) is 70.5 Å². The second kappa shape index (κ2) is 8.30. The van der Waals surface area contributed by atoms with Gasteiger partial charge in [0, 0.05) is 32.4 Å². The van der Waals surface area contributed by atoms with Gasteiger partial charge in [0.05, 0.1) is 5.56 Å². The van der Waals surface area contributed by atoms with Crippen LogP contribution in [0.1, 0.15) is 27.8 Å². The smallest absolute Gasteiger partial charge is 0.416 e. The monoisotopic (exact) mass is 459 g/mol. The molecule has 4 rings (SSSR count). The maximum absolute atomic E-state index is 13.6. The van der Waals surface area contributed by atoms with Crippen LogP contribution in [0.5, 0.6) is 5.75 Å². The highest BCUT2D eigenvalue weighted by Crippen LogP contribution is 2.32. The molecule has 7 heteroatoms. The van der Waals surface area contributed by atoms with Crippen molar-refractivity contribution in [3.63, 3.8) is 0 Å². The topological polar surface area (TPSA) is 29.5 Å². The summed E-state index contributed by atoms with van der Waals surface area (Å²) < 4.78 is 57.9. The normalized spacial score (nSPS) is 15.9. The minimum Gasteiger partial charge on any atom is -0.489 e. The molecule has 1 unspecified atom stereocenters. The highest BCUT2D eigenvalue weighted by Gasteiger charge is 2.30. The molecule has 0 saturated heterocycles. The van der Waals surface area contributed by atoms with Crippen LogP contribution in [-0.2, 0) is 35.4 Å². The maximum atomic E-state index is 13.6. The first-order valence-corrected chi connectivity index (χ1v) is 11.8. The van der Waals surface area contributed by atoms with Crippen LogP contribution in [0, 0.1) is 6.92 Å². The van der Waals surface area contributed by atoms with E-state index in [0.717, 1.165) is 35.7 Å². The van der Waals surface area contributed by atoms with Crippen molar-refractivity contribution in [1.29, 1.82) is 0 Å². The van der Waals surface area contributed by atoms with E-state index >= 15 is 0 Å². The standard InChI is InChI=1S/C25H24F3NO2S/c1-17-11-19-14-29(2)15-20(19)13-24(17)32(3,30)23-9-7-22(8-10-23)31-16-18-5-4-6-21(12-18)25(26,27)28/h4-13H,3,14-16H2,1-2H3. The number of nitrogens with zero attached hydrogens (tertiary/aromatic N) is 1. The second-order valence-electron chi connectivity index (χ2n) is 8.19. The molecule has 0 bridgehead atoms. The van der Waals surface area contributed by atoms with Crippen LogP contribution >= 0.6 is 0 Å². The first-order chi connectivity index (χ1) is 15.0. The molecule has 1 aliphatic rings. The summed E-state index contributed by atoms with van der Waals surface area (Å²) in [7, 11) is -0.663. The van der Waals surface area contributed by atoms with Gasteiger partial charge in [-0.2, -0.15) is 13.2 Å². The van der Waals surface area contributed by atoms with E-state index in [-0.39, 0.29) is 6.61 Å². The molecule has 0 radical (unpaired) electrons. The highest BCUT2D eigenvalue weighted by molar-refractivity contribution is 8.00. The number of halogens is 3. The quantitative estimate of drug-likeness (QED) is 0.460. The van der Waals surface area contributed by atoms with E-state index in [4.69, 9.17) is 4.74 Å². The first kappa shape index (κ1) is 22.4. The predicted molar refractivity (Wildman–Crippen MR) is 120 cm³/mol. The SMILES string of the molecule is C=S(=O)(c1ccc(OCc2cccc(C(F)(F)F)c2)cc1)c1cc2c(cc1C)CN(C)C2. The zero-order valence-electron chi connectivity index (χ0n) is 17.9. The summed E-state index contributed by atoms with van der Waals surface area (Å²) in [5.74, 6) is 4.52. The number of alkyl halides is 3. The Balaban J connectivity index is 1.51. The molecule has 0 amide bonds. The minimum atomic E-state index is -4.39. The molecule has 0 aliphatic carbocycles. The average molecular weight is 460 g/mol. The molecule has 3 aromatic rings. The van der Waals surface area contributed by atoms with E-state index < -0.39 is 21.3 Å². The minimum absolute atomic E-state index is 0.000461. The summed E-state index contributed by atoms with van der Waals surface area (Å²) in [6.45, 7) is 3.65. The van der Waals surface area contributed by atoms with E-state index in [1.807, 2.05) is 13.0 Å². The number of ether oxygens (including phenoxy) is 1. The summed E-state index contributed by atoms with van der Waals surface area (Å²) in [5, 5.41) is 0. The van der Waals surface area contributed by atoms with Crippen LogP contribution < -0.4 is 4.74 Å². The Bertz CT molecular complexity index is 1250. The van der Waals surface area contributed by atoms with Crippen LogP contribution in [0.4, 0.5) is 13.2 Å². The number of hydrogen-bond acceptors (Lipinski definition) is 3. The fourth-order valence-electron chi connectivity index (χ4n) is 3.96. The van der Waals surface area contributed by atoms with Crippen molar-refractivity contribution in [2.45, 2.75) is 42.6 Å². The fraction of sp³-hybridized carbons (Fsp3) is 0.240. The average Bonchev–Trinajstić information content (AvgIpc) is 3.10. The van der Waals surface area contributed by atoms with Crippen LogP contribution in [0.2, 0.25) is 0 Å². The summed E-state index contributed by atoms with van der Waals surface area (Å²) in [4.78, 5) is 3.51. The highest BCUT2D eigenvalue weighted by atomic mass is 32.2. The van der Waals surface area contributed by atoms with Crippen molar-refractivity contribution in [2.75, 3.05) is 7.05 Å². The van der Waals surface area contributed by atoms with Gasteiger partial charge in [-0.3, -0.25) is 9.11 Å². The number of hydrogen-bond donors (Lipinski definition) is 0. The third kappa shape index (κ3) is 4.54. The van der Waals surface area contributed by atoms with Gasteiger partial charge in [0.25, 0.3) is 0 Å². The van der Waals surface area contributed by atoms with E-state index in [2.05, 4.69) is 23.9 Å². The van der Waals surface area contributed by atoms with E-state index in [9.17, 15) is 17.4 Å². The molecule has 0 N–H and O–H groups in total. The van der Waals surface area contributed by atoms with Crippen molar-refractivity contribution in [3.05, 3.63) is 88.5 Å². The zero-order valence-corrected chi connectivity index (χ0v) is 18.7. The van der Waals surface area contributed by atoms with Crippen molar-refractivity contribution in [2.24, 2.45) is 0 Å². The van der Waals surface area contributed by atoms with Gasteiger partial charge in [-0.05, 0) is 84.6 Å². The number of rotatable bonds is 5. The van der Waals surface area contributed by atoms with Gasteiger partial charge in [0.1, 0.15) is 12.4 Å². The first-order valence-electron chi connectivity index (χ1n) is 10.1. The molecule has 0 aromatic heterocycles. The Morgan fingerprint density at radius 3 is 2.34 bits per heavy atom. The molecule has 0 fully saturated rings. The molecule has 0 spiro atoms. The second-order valence-corrected chi connectivity index (χ2v) is 10.5. The Hall–Kier alpha value is -2.77. The van der Waals surface area contributed by atoms with Crippen molar-refractivity contribution in [3.8, 4) is 5.75 Å². The summed E-state index contributed by atoms with van der Waals surface area (Å²) in [5.41, 5.74) is 3.09. The lowest BCUT2D eigenvalue weighted by Crippen LogP contribution is -2.07. The molecule has 0 saturated carbocycles. The van der Waals surface area contributed by atoms with Crippen LogP contribution in [0.25, 0.3) is 0 Å². The molecule has 1 aliphatic heterocycles. The van der Waals surface area contributed by atoms with E-state index in [0.29, 0.717) is 16.2 Å². The molecule has 1 heterocycles. The van der Waals surface area contributed by atoms with Gasteiger partial charge < -0.3 is 4.74 Å². The van der Waals surface area contributed by atoms with E-state index in [1.165, 1.54) is 17.2 Å². The molecular weight excluding hydrogens is 435 g/mol. The maximum Gasteiger partial charge on any atom is 0.416 e. The van der Waals surface area contributed by atoms with Crippen LogP contribution in [0.3, 0.4) is 0 Å². The Kier molecular flexibility index (Phi) is 5.81. The van der Waals surface area contributed by atoms with E-state index in [1.54, 1.807) is 30.3 Å². The number of benzene rings is 3. The molecule has 32 heavy (non-hydrogen) atoms.